The molecule has 4 saturated carbocycles. The lowest BCUT2D eigenvalue weighted by Gasteiger charge is -2.61. The predicted molar refractivity (Wildman–Crippen MR) is 131 cm³/mol. The number of carbonyl (C=O) groups excluding carboxylic acids is 1. The van der Waals surface area contributed by atoms with Gasteiger partial charge < -0.3 is 15.8 Å². The third kappa shape index (κ3) is 4.40. The normalized spacial score (nSPS) is 44.3. The van der Waals surface area contributed by atoms with Gasteiger partial charge in [0.2, 0.25) is 0 Å². The highest BCUT2D eigenvalue weighted by molar-refractivity contribution is 5.69. The molecule has 0 radical (unpaired) electrons. The molecule has 0 aromatic heterocycles. The highest BCUT2D eigenvalue weighted by Gasteiger charge is 2.60. The van der Waals surface area contributed by atoms with E-state index >= 15 is 0 Å². The first-order valence-corrected chi connectivity index (χ1v) is 13.8. The molecule has 8 unspecified atom stereocenters. The number of esters is 1. The first kappa shape index (κ1) is 24.5. The van der Waals surface area contributed by atoms with Crippen molar-refractivity contribution < 1.29 is 9.53 Å². The van der Waals surface area contributed by atoms with Crippen LogP contribution in [-0.2, 0) is 9.53 Å². The van der Waals surface area contributed by atoms with Gasteiger partial charge >= 0.3 is 5.97 Å². The Morgan fingerprint density at radius 2 is 1.81 bits per heavy atom. The number of nitrogens with one attached hydrogen (secondary N) is 1. The van der Waals surface area contributed by atoms with Crippen molar-refractivity contribution in [3.05, 3.63) is 0 Å². The minimum absolute atomic E-state index is 0.0414. The number of hydrogen-bond acceptors (Lipinski definition) is 4. The van der Waals surface area contributed by atoms with E-state index in [1.165, 1.54) is 71.4 Å². The van der Waals surface area contributed by atoms with Gasteiger partial charge in [-0.3, -0.25) is 4.79 Å². The average molecular weight is 447 g/mol. The number of methoxy groups -OCH3 is 1. The van der Waals surface area contributed by atoms with Crippen LogP contribution in [0, 0.1) is 52.3 Å². The lowest BCUT2D eigenvalue weighted by Crippen LogP contribution is -2.54. The molecule has 0 amide bonds. The van der Waals surface area contributed by atoms with E-state index in [9.17, 15) is 4.79 Å². The second-order valence-electron chi connectivity index (χ2n) is 12.6. The second-order valence-corrected chi connectivity index (χ2v) is 12.6. The fraction of sp³-hybridized carbons (Fsp3) is 0.964. The van der Waals surface area contributed by atoms with E-state index in [-0.39, 0.29) is 5.97 Å². The van der Waals surface area contributed by atoms with Gasteiger partial charge in [-0.2, -0.15) is 0 Å². The number of carbonyl (C=O) groups is 1. The molecular weight excluding hydrogens is 396 g/mol. The summed E-state index contributed by atoms with van der Waals surface area (Å²) in [4.78, 5) is 11.7. The monoisotopic (exact) mass is 446 g/mol. The van der Waals surface area contributed by atoms with Crippen molar-refractivity contribution in [2.75, 3.05) is 26.7 Å². The molecule has 4 aliphatic carbocycles. The van der Waals surface area contributed by atoms with Gasteiger partial charge in [0.15, 0.2) is 0 Å². The molecule has 9 atom stereocenters. The average Bonchev–Trinajstić information content (AvgIpc) is 3.14. The van der Waals surface area contributed by atoms with Crippen LogP contribution in [-0.4, -0.2) is 32.7 Å². The number of ether oxygens (including phenoxy) is 1. The van der Waals surface area contributed by atoms with Gasteiger partial charge in [-0.15, -0.1) is 0 Å². The van der Waals surface area contributed by atoms with Crippen molar-refractivity contribution in [1.82, 2.24) is 5.32 Å². The number of nitrogens with two attached hydrogens (primary N) is 1. The molecule has 0 aromatic rings. The minimum Gasteiger partial charge on any atom is -0.469 e. The molecule has 32 heavy (non-hydrogen) atoms. The molecule has 4 fully saturated rings. The van der Waals surface area contributed by atoms with Crippen LogP contribution in [0.5, 0.6) is 0 Å². The summed E-state index contributed by atoms with van der Waals surface area (Å²) < 4.78 is 4.91. The zero-order valence-electron chi connectivity index (χ0n) is 21.3. The Kier molecular flexibility index (Phi) is 7.61. The molecule has 4 rings (SSSR count). The van der Waals surface area contributed by atoms with Crippen LogP contribution in [0.1, 0.15) is 91.4 Å². The third-order valence-corrected chi connectivity index (χ3v) is 11.3. The summed E-state index contributed by atoms with van der Waals surface area (Å²) in [7, 11) is 1.52. The Labute approximate surface area is 197 Å². The Hall–Kier alpha value is -0.610. The van der Waals surface area contributed by atoms with Crippen molar-refractivity contribution in [2.45, 2.75) is 91.4 Å². The van der Waals surface area contributed by atoms with E-state index < -0.39 is 0 Å². The van der Waals surface area contributed by atoms with Crippen LogP contribution in [0.3, 0.4) is 0 Å². The molecule has 184 valence electrons. The van der Waals surface area contributed by atoms with Gasteiger partial charge in [-0.25, -0.2) is 0 Å². The topological polar surface area (TPSA) is 64.3 Å². The van der Waals surface area contributed by atoms with Crippen LogP contribution in [0.4, 0.5) is 0 Å². The second kappa shape index (κ2) is 9.94. The summed E-state index contributed by atoms with van der Waals surface area (Å²) in [5.74, 6) is 5.96. The Morgan fingerprint density at radius 1 is 1.06 bits per heavy atom. The van der Waals surface area contributed by atoms with Crippen LogP contribution < -0.4 is 11.1 Å². The summed E-state index contributed by atoms with van der Waals surface area (Å²) in [6.45, 7) is 10.6. The maximum Gasteiger partial charge on any atom is 0.305 e. The van der Waals surface area contributed by atoms with E-state index in [0.29, 0.717) is 23.2 Å². The van der Waals surface area contributed by atoms with Crippen molar-refractivity contribution in [3.63, 3.8) is 0 Å². The van der Waals surface area contributed by atoms with Crippen LogP contribution in [0.25, 0.3) is 0 Å². The van der Waals surface area contributed by atoms with Crippen LogP contribution in [0.2, 0.25) is 0 Å². The lowest BCUT2D eigenvalue weighted by atomic mass is 9.44. The van der Waals surface area contributed by atoms with E-state index in [1.54, 1.807) is 0 Å². The lowest BCUT2D eigenvalue weighted by molar-refractivity contribution is -0.141. The molecule has 0 spiro atoms. The van der Waals surface area contributed by atoms with E-state index in [1.807, 2.05) is 0 Å². The summed E-state index contributed by atoms with van der Waals surface area (Å²) >= 11 is 0. The molecular formula is C28H50N2O2. The van der Waals surface area contributed by atoms with Crippen molar-refractivity contribution in [3.8, 4) is 0 Å². The molecule has 4 heteroatoms. The van der Waals surface area contributed by atoms with Gasteiger partial charge in [-0.05, 0) is 123 Å². The Balaban J connectivity index is 1.41. The summed E-state index contributed by atoms with van der Waals surface area (Å²) in [5, 5.41) is 3.59. The first-order chi connectivity index (χ1) is 15.3. The van der Waals surface area contributed by atoms with E-state index in [4.69, 9.17) is 10.5 Å². The highest BCUT2D eigenvalue weighted by Crippen LogP contribution is 2.68. The summed E-state index contributed by atoms with van der Waals surface area (Å²) in [5.41, 5.74) is 6.74. The molecule has 0 aliphatic heterocycles. The van der Waals surface area contributed by atoms with Gasteiger partial charge in [0.05, 0.1) is 7.11 Å². The molecule has 0 heterocycles. The van der Waals surface area contributed by atoms with Crippen molar-refractivity contribution in [2.24, 2.45) is 58.0 Å². The fourth-order valence-corrected chi connectivity index (χ4v) is 9.56. The van der Waals surface area contributed by atoms with Gasteiger partial charge in [0, 0.05) is 19.5 Å². The minimum atomic E-state index is -0.0414. The van der Waals surface area contributed by atoms with Crippen molar-refractivity contribution >= 4 is 5.97 Å². The smallest absolute Gasteiger partial charge is 0.305 e. The molecule has 3 N–H and O–H groups in total. The molecule has 0 saturated heterocycles. The summed E-state index contributed by atoms with van der Waals surface area (Å²) in [6.07, 6.45) is 14.5. The molecule has 0 aromatic carbocycles. The number of rotatable bonds is 8. The van der Waals surface area contributed by atoms with Gasteiger partial charge in [0.25, 0.3) is 0 Å². The fourth-order valence-electron chi connectivity index (χ4n) is 9.56. The SMILES string of the molecule is COC(=O)CC[C@@H](C)C1CCC2C3CCC4CC(CNCCN)CCC4(C)C3CCC21C. The highest BCUT2D eigenvalue weighted by atomic mass is 16.5. The van der Waals surface area contributed by atoms with Crippen LogP contribution in [0.15, 0.2) is 0 Å². The predicted octanol–water partition coefficient (Wildman–Crippen LogP) is 5.40. The Morgan fingerprint density at radius 3 is 2.56 bits per heavy atom. The maximum absolute atomic E-state index is 11.7. The number of fused-ring (bicyclic) bond motifs is 5. The third-order valence-electron chi connectivity index (χ3n) is 11.3. The standard InChI is InChI=1S/C28H50N2O2/c1-19(5-10-26(31)32-4)23-8-9-24-22-7-6-21-17-20(18-30-16-15-29)11-13-27(21,2)25(22)12-14-28(23,24)3/h19-25,30H,5-18,29H2,1-4H3/t19-,20?,21?,22?,23?,24?,25?,27?,28?/m1/s1. The molecule has 0 bridgehead atoms. The van der Waals surface area contributed by atoms with Crippen molar-refractivity contribution in [1.29, 1.82) is 0 Å². The van der Waals surface area contributed by atoms with E-state index in [2.05, 4.69) is 26.1 Å². The molecule has 4 aliphatic rings. The Bertz CT molecular complexity index is 653. The molecule has 4 nitrogen and oxygen atoms in total. The quantitative estimate of drug-likeness (QED) is 0.387. The van der Waals surface area contributed by atoms with Gasteiger partial charge in [0.1, 0.15) is 0 Å². The summed E-state index contributed by atoms with van der Waals surface area (Å²) in [6, 6.07) is 0. The van der Waals surface area contributed by atoms with E-state index in [0.717, 1.165) is 55.0 Å². The largest absolute Gasteiger partial charge is 0.469 e. The van der Waals surface area contributed by atoms with Crippen LogP contribution >= 0.6 is 0 Å². The number of hydrogen-bond donors (Lipinski definition) is 2. The zero-order valence-corrected chi connectivity index (χ0v) is 21.3. The first-order valence-electron chi connectivity index (χ1n) is 13.8. The zero-order chi connectivity index (χ0) is 22.9. The maximum atomic E-state index is 11.7. The van der Waals surface area contributed by atoms with Gasteiger partial charge in [-0.1, -0.05) is 20.8 Å².